The van der Waals surface area contributed by atoms with Gasteiger partial charge in [-0.25, -0.2) is 0 Å². The van der Waals surface area contributed by atoms with Crippen molar-refractivity contribution in [3.05, 3.63) is 58.7 Å². The summed E-state index contributed by atoms with van der Waals surface area (Å²) in [5.74, 6) is 0.711. The van der Waals surface area contributed by atoms with Gasteiger partial charge in [-0.3, -0.25) is 9.59 Å². The number of unbranched alkanes of at least 4 members (excludes halogenated alkanes) is 1. The fourth-order valence-electron chi connectivity index (χ4n) is 3.66. The fourth-order valence-corrected chi connectivity index (χ4v) is 3.66. The van der Waals surface area contributed by atoms with Crippen LogP contribution in [-0.2, 0) is 9.59 Å². The van der Waals surface area contributed by atoms with Crippen LogP contribution in [0.5, 0.6) is 0 Å². The predicted octanol–water partition coefficient (Wildman–Crippen LogP) is 6.69. The average Bonchev–Trinajstić information content (AvgIpc) is 2.68. The number of rotatable bonds is 9. The molecule has 0 heterocycles. The molecule has 0 bridgehead atoms. The lowest BCUT2D eigenvalue weighted by Crippen LogP contribution is -2.16. The zero-order valence-corrected chi connectivity index (χ0v) is 19.3. The molecule has 2 aromatic rings. The number of anilines is 2. The third kappa shape index (κ3) is 6.45. The van der Waals surface area contributed by atoms with Crippen molar-refractivity contribution in [2.75, 3.05) is 10.6 Å². The minimum Gasteiger partial charge on any atom is -0.326 e. The van der Waals surface area contributed by atoms with E-state index in [9.17, 15) is 9.59 Å². The molecule has 0 unspecified atom stereocenters. The third-order valence-corrected chi connectivity index (χ3v) is 5.44. The van der Waals surface area contributed by atoms with Crippen molar-refractivity contribution in [3.8, 4) is 0 Å². The molecule has 0 fully saturated rings. The van der Waals surface area contributed by atoms with E-state index in [1.165, 1.54) is 0 Å². The maximum absolute atomic E-state index is 12.4. The highest BCUT2D eigenvalue weighted by Gasteiger charge is 2.14. The van der Waals surface area contributed by atoms with Crippen molar-refractivity contribution in [1.29, 1.82) is 0 Å². The maximum atomic E-state index is 12.4. The van der Waals surface area contributed by atoms with Crippen LogP contribution in [0.3, 0.4) is 0 Å². The Morgan fingerprint density at radius 2 is 1.07 bits per heavy atom. The van der Waals surface area contributed by atoms with Crippen molar-refractivity contribution in [2.24, 2.45) is 0 Å². The van der Waals surface area contributed by atoms with Crippen molar-refractivity contribution in [2.45, 2.75) is 79.1 Å². The van der Waals surface area contributed by atoms with Gasteiger partial charge in [0.15, 0.2) is 0 Å². The van der Waals surface area contributed by atoms with E-state index >= 15 is 0 Å². The highest BCUT2D eigenvalue weighted by atomic mass is 16.2. The summed E-state index contributed by atoms with van der Waals surface area (Å²) in [5.41, 5.74) is 6.32. The Hall–Kier alpha value is -2.62. The Morgan fingerprint density at radius 1 is 0.700 bits per heavy atom. The molecule has 2 N–H and O–H groups in total. The second-order valence-corrected chi connectivity index (χ2v) is 8.69. The Bertz CT molecular complexity index is 811. The number of carbonyl (C=O) groups is 2. The van der Waals surface area contributed by atoms with E-state index in [1.807, 2.05) is 38.1 Å². The van der Waals surface area contributed by atoms with Crippen LogP contribution in [0.15, 0.2) is 36.4 Å². The lowest BCUT2D eigenvalue weighted by atomic mass is 9.98. The monoisotopic (exact) mass is 408 g/mol. The summed E-state index contributed by atoms with van der Waals surface area (Å²) in [4.78, 5) is 24.9. The van der Waals surface area contributed by atoms with E-state index in [4.69, 9.17) is 0 Å². The van der Waals surface area contributed by atoms with Gasteiger partial charge >= 0.3 is 0 Å². The molecule has 4 nitrogen and oxygen atoms in total. The van der Waals surface area contributed by atoms with Gasteiger partial charge in [0.05, 0.1) is 0 Å². The Kier molecular flexibility index (Phi) is 8.64. The summed E-state index contributed by atoms with van der Waals surface area (Å²) < 4.78 is 0. The highest BCUT2D eigenvalue weighted by Crippen LogP contribution is 2.28. The first-order valence-electron chi connectivity index (χ1n) is 11.0. The molecule has 30 heavy (non-hydrogen) atoms. The predicted molar refractivity (Wildman–Crippen MR) is 126 cm³/mol. The zero-order valence-electron chi connectivity index (χ0n) is 19.3. The first kappa shape index (κ1) is 23.7. The summed E-state index contributed by atoms with van der Waals surface area (Å²) in [6.45, 7) is 12.5. The quantitative estimate of drug-likeness (QED) is 0.454. The third-order valence-electron chi connectivity index (χ3n) is 5.44. The Balaban J connectivity index is 1.84. The molecule has 2 aromatic carbocycles. The number of benzene rings is 2. The number of hydrogen-bond acceptors (Lipinski definition) is 2. The SMILES string of the molecule is Cc1cccc(C(C)C)c1NC(=O)CCCCC(=O)Nc1c(C)cccc1C(C)C. The molecule has 0 atom stereocenters. The van der Waals surface area contributed by atoms with Gasteiger partial charge in [0.25, 0.3) is 0 Å². The van der Waals surface area contributed by atoms with Gasteiger partial charge in [-0.05, 0) is 60.8 Å². The van der Waals surface area contributed by atoms with Crippen LogP contribution in [0.1, 0.15) is 87.5 Å². The summed E-state index contributed by atoms with van der Waals surface area (Å²) in [6, 6.07) is 12.2. The molecule has 0 radical (unpaired) electrons. The molecule has 0 spiro atoms. The fraction of sp³-hybridized carbons (Fsp3) is 0.462. The lowest BCUT2D eigenvalue weighted by molar-refractivity contribution is -0.118. The van der Waals surface area contributed by atoms with Crippen molar-refractivity contribution in [3.63, 3.8) is 0 Å². The smallest absolute Gasteiger partial charge is 0.224 e. The molecule has 0 aromatic heterocycles. The Morgan fingerprint density at radius 3 is 1.40 bits per heavy atom. The van der Waals surface area contributed by atoms with Crippen LogP contribution in [0.2, 0.25) is 0 Å². The second-order valence-electron chi connectivity index (χ2n) is 8.69. The number of para-hydroxylation sites is 2. The first-order chi connectivity index (χ1) is 14.2. The Labute approximate surface area is 181 Å². The van der Waals surface area contributed by atoms with Crippen LogP contribution in [0, 0.1) is 13.8 Å². The summed E-state index contributed by atoms with van der Waals surface area (Å²) in [5, 5.41) is 6.15. The normalized spacial score (nSPS) is 11.1. The summed E-state index contributed by atoms with van der Waals surface area (Å²) >= 11 is 0. The van der Waals surface area contributed by atoms with Crippen LogP contribution >= 0.6 is 0 Å². The first-order valence-corrected chi connectivity index (χ1v) is 11.0. The van der Waals surface area contributed by atoms with Gasteiger partial charge in [-0.15, -0.1) is 0 Å². The van der Waals surface area contributed by atoms with Crippen LogP contribution < -0.4 is 10.6 Å². The largest absolute Gasteiger partial charge is 0.326 e. The summed E-state index contributed by atoms with van der Waals surface area (Å²) in [6.07, 6.45) is 2.21. The molecule has 0 aliphatic rings. The number of carbonyl (C=O) groups excluding carboxylic acids is 2. The number of hydrogen-bond donors (Lipinski definition) is 2. The van der Waals surface area contributed by atoms with E-state index in [1.54, 1.807) is 0 Å². The van der Waals surface area contributed by atoms with E-state index in [2.05, 4.69) is 50.5 Å². The minimum absolute atomic E-state index is 0.00704. The molecule has 0 saturated carbocycles. The molecule has 0 aliphatic carbocycles. The van der Waals surface area contributed by atoms with E-state index in [0.717, 1.165) is 33.6 Å². The van der Waals surface area contributed by atoms with E-state index in [0.29, 0.717) is 37.5 Å². The molecule has 162 valence electrons. The second kappa shape index (κ2) is 11.0. The molecule has 0 aliphatic heterocycles. The molecule has 2 rings (SSSR count). The molecule has 0 saturated heterocycles. The molecule has 2 amide bonds. The van der Waals surface area contributed by atoms with Gasteiger partial charge in [-0.1, -0.05) is 64.1 Å². The van der Waals surface area contributed by atoms with Crippen LogP contribution in [-0.4, -0.2) is 11.8 Å². The molecular formula is C26H36N2O2. The molecular weight excluding hydrogens is 372 g/mol. The number of aryl methyl sites for hydroxylation is 2. The van der Waals surface area contributed by atoms with E-state index in [-0.39, 0.29) is 11.8 Å². The van der Waals surface area contributed by atoms with Crippen molar-refractivity contribution < 1.29 is 9.59 Å². The lowest BCUT2D eigenvalue weighted by Gasteiger charge is -2.17. The van der Waals surface area contributed by atoms with Gasteiger partial charge in [0.1, 0.15) is 0 Å². The highest BCUT2D eigenvalue weighted by molar-refractivity contribution is 5.93. The average molecular weight is 409 g/mol. The van der Waals surface area contributed by atoms with Gasteiger partial charge in [0, 0.05) is 24.2 Å². The van der Waals surface area contributed by atoms with Gasteiger partial charge in [-0.2, -0.15) is 0 Å². The van der Waals surface area contributed by atoms with Gasteiger partial charge < -0.3 is 10.6 Å². The van der Waals surface area contributed by atoms with E-state index < -0.39 is 0 Å². The topological polar surface area (TPSA) is 58.2 Å². The van der Waals surface area contributed by atoms with Crippen LogP contribution in [0.25, 0.3) is 0 Å². The standard InChI is InChI=1S/C26H36N2O2/c1-17(2)21-13-9-11-19(5)25(21)27-23(29)15-7-8-16-24(30)28-26-20(6)12-10-14-22(26)18(3)4/h9-14,17-18H,7-8,15-16H2,1-6H3,(H,27,29)(H,28,30). The number of amides is 2. The van der Waals surface area contributed by atoms with Gasteiger partial charge in [0.2, 0.25) is 11.8 Å². The van der Waals surface area contributed by atoms with Crippen LogP contribution in [0.4, 0.5) is 11.4 Å². The van der Waals surface area contributed by atoms with Crippen molar-refractivity contribution in [1.82, 2.24) is 0 Å². The van der Waals surface area contributed by atoms with Crippen molar-refractivity contribution >= 4 is 23.2 Å². The summed E-state index contributed by atoms with van der Waals surface area (Å²) in [7, 11) is 0. The maximum Gasteiger partial charge on any atom is 0.224 e. The molecule has 4 heteroatoms. The minimum atomic E-state index is 0.00704. The number of nitrogens with one attached hydrogen (secondary N) is 2. The zero-order chi connectivity index (χ0) is 22.3.